The molecule has 5 rings (SSSR count). The number of fused-ring (bicyclic) bond motifs is 1. The lowest BCUT2D eigenvalue weighted by atomic mass is 10.0. The maximum absolute atomic E-state index is 5.18. The summed E-state index contributed by atoms with van der Waals surface area (Å²) in [6.45, 7) is 7.50. The van der Waals surface area contributed by atoms with Crippen molar-refractivity contribution in [2.45, 2.75) is 32.2 Å². The van der Waals surface area contributed by atoms with Crippen LogP contribution in [-0.2, 0) is 6.54 Å². The molecule has 0 radical (unpaired) electrons. The van der Waals surface area contributed by atoms with Crippen LogP contribution in [0.15, 0.2) is 23.1 Å². The quantitative estimate of drug-likeness (QED) is 0.859. The van der Waals surface area contributed by atoms with Crippen molar-refractivity contribution in [1.82, 2.24) is 20.0 Å². The Morgan fingerprint density at radius 1 is 1.12 bits per heavy atom. The highest BCUT2D eigenvalue weighted by Crippen LogP contribution is 2.40. The van der Waals surface area contributed by atoms with Crippen molar-refractivity contribution in [2.24, 2.45) is 11.8 Å². The Morgan fingerprint density at radius 3 is 2.58 bits per heavy atom. The molecule has 1 saturated carbocycles. The molecule has 24 heavy (non-hydrogen) atoms. The number of likely N-dealkylation sites (tertiary alicyclic amines) is 1. The van der Waals surface area contributed by atoms with E-state index < -0.39 is 0 Å². The first-order valence-electron chi connectivity index (χ1n) is 8.95. The van der Waals surface area contributed by atoms with E-state index in [9.17, 15) is 0 Å². The third-order valence-electron chi connectivity index (χ3n) is 5.80. The maximum atomic E-state index is 5.18. The standard InChI is InChI=1S/C18H23N5O/c1-12-14(5-21-24-12)6-22-7-15-9-23(10-16(15)8-22)18-4-17(13-2-3-13)19-11-20-18/h4-5,11,13,15-16H,2-3,6-10H2,1H3. The van der Waals surface area contributed by atoms with Gasteiger partial charge in [0.1, 0.15) is 17.9 Å². The van der Waals surface area contributed by atoms with E-state index >= 15 is 0 Å². The summed E-state index contributed by atoms with van der Waals surface area (Å²) >= 11 is 0. The lowest BCUT2D eigenvalue weighted by Gasteiger charge is -2.22. The van der Waals surface area contributed by atoms with Crippen molar-refractivity contribution < 1.29 is 4.52 Å². The lowest BCUT2D eigenvalue weighted by Crippen LogP contribution is -2.29. The van der Waals surface area contributed by atoms with Gasteiger partial charge in [-0.25, -0.2) is 9.97 Å². The summed E-state index contributed by atoms with van der Waals surface area (Å²) in [6, 6.07) is 2.22. The fourth-order valence-corrected chi connectivity index (χ4v) is 4.25. The molecule has 3 aliphatic rings. The topological polar surface area (TPSA) is 58.3 Å². The van der Waals surface area contributed by atoms with E-state index in [1.54, 1.807) is 6.33 Å². The molecule has 2 unspecified atom stereocenters. The third-order valence-corrected chi connectivity index (χ3v) is 5.80. The number of hydrogen-bond acceptors (Lipinski definition) is 6. The van der Waals surface area contributed by atoms with Crippen LogP contribution in [-0.4, -0.2) is 46.2 Å². The van der Waals surface area contributed by atoms with Gasteiger partial charge in [-0.2, -0.15) is 0 Å². The van der Waals surface area contributed by atoms with Crippen molar-refractivity contribution in [3.8, 4) is 0 Å². The van der Waals surface area contributed by atoms with E-state index in [2.05, 4.69) is 31.0 Å². The van der Waals surface area contributed by atoms with E-state index in [1.165, 1.54) is 24.1 Å². The third kappa shape index (κ3) is 2.59. The van der Waals surface area contributed by atoms with E-state index in [1.807, 2.05) is 13.1 Å². The van der Waals surface area contributed by atoms with Gasteiger partial charge in [-0.05, 0) is 31.6 Å². The second-order valence-electron chi connectivity index (χ2n) is 7.60. The molecule has 4 heterocycles. The average molecular weight is 325 g/mol. The molecular formula is C18H23N5O. The zero-order chi connectivity index (χ0) is 16.1. The first-order chi connectivity index (χ1) is 11.8. The largest absolute Gasteiger partial charge is 0.361 e. The van der Waals surface area contributed by atoms with Gasteiger partial charge >= 0.3 is 0 Å². The average Bonchev–Trinajstić information content (AvgIpc) is 3.10. The van der Waals surface area contributed by atoms with Gasteiger partial charge in [0, 0.05) is 56.0 Å². The number of anilines is 1. The fraction of sp³-hybridized carbons (Fsp3) is 0.611. The molecule has 0 N–H and O–H groups in total. The van der Waals surface area contributed by atoms with Gasteiger partial charge in [0.05, 0.1) is 6.20 Å². The summed E-state index contributed by atoms with van der Waals surface area (Å²) in [4.78, 5) is 14.0. The minimum absolute atomic E-state index is 0.691. The van der Waals surface area contributed by atoms with E-state index in [-0.39, 0.29) is 0 Å². The molecule has 6 heteroatoms. The van der Waals surface area contributed by atoms with Gasteiger partial charge in [-0.1, -0.05) is 5.16 Å². The van der Waals surface area contributed by atoms with Crippen LogP contribution < -0.4 is 4.90 Å². The first kappa shape index (κ1) is 14.4. The molecule has 2 atom stereocenters. The van der Waals surface area contributed by atoms with Crippen molar-refractivity contribution >= 4 is 5.82 Å². The van der Waals surface area contributed by atoms with Crippen molar-refractivity contribution in [3.05, 3.63) is 35.6 Å². The molecule has 2 saturated heterocycles. The minimum atomic E-state index is 0.691. The summed E-state index contributed by atoms with van der Waals surface area (Å²) in [7, 11) is 0. The van der Waals surface area contributed by atoms with Crippen molar-refractivity contribution in [2.75, 3.05) is 31.1 Å². The van der Waals surface area contributed by atoms with Gasteiger partial charge in [-0.15, -0.1) is 0 Å². The number of nitrogens with zero attached hydrogens (tertiary/aromatic N) is 5. The molecule has 0 aromatic carbocycles. The molecule has 1 aliphatic carbocycles. The normalized spacial score (nSPS) is 27.0. The maximum Gasteiger partial charge on any atom is 0.138 e. The second kappa shape index (κ2) is 5.55. The van der Waals surface area contributed by atoms with Gasteiger partial charge < -0.3 is 9.42 Å². The highest BCUT2D eigenvalue weighted by atomic mass is 16.5. The number of hydrogen-bond donors (Lipinski definition) is 0. The fourth-order valence-electron chi connectivity index (χ4n) is 4.25. The van der Waals surface area contributed by atoms with Gasteiger partial charge in [0.2, 0.25) is 0 Å². The van der Waals surface area contributed by atoms with Crippen LogP contribution in [0.1, 0.15) is 35.8 Å². The number of rotatable bonds is 4. The molecule has 0 spiro atoms. The van der Waals surface area contributed by atoms with Crippen LogP contribution in [0.25, 0.3) is 0 Å². The van der Waals surface area contributed by atoms with E-state index in [4.69, 9.17) is 4.52 Å². The zero-order valence-electron chi connectivity index (χ0n) is 14.1. The van der Waals surface area contributed by atoms with Crippen LogP contribution in [0.4, 0.5) is 5.82 Å². The molecule has 2 aromatic rings. The predicted octanol–water partition coefficient (Wildman–Crippen LogP) is 2.22. The Morgan fingerprint density at radius 2 is 1.92 bits per heavy atom. The monoisotopic (exact) mass is 325 g/mol. The molecular weight excluding hydrogens is 302 g/mol. The summed E-state index contributed by atoms with van der Waals surface area (Å²) in [5, 5.41) is 3.89. The second-order valence-corrected chi connectivity index (χ2v) is 7.60. The Kier molecular flexibility index (Phi) is 3.33. The molecule has 3 fully saturated rings. The summed E-state index contributed by atoms with van der Waals surface area (Å²) in [5.74, 6) is 4.25. The summed E-state index contributed by atoms with van der Waals surface area (Å²) < 4.78 is 5.18. The molecule has 126 valence electrons. The Bertz CT molecular complexity index is 727. The molecule has 6 nitrogen and oxygen atoms in total. The highest BCUT2D eigenvalue weighted by Gasteiger charge is 2.40. The zero-order valence-corrected chi connectivity index (χ0v) is 14.1. The smallest absolute Gasteiger partial charge is 0.138 e. The van der Waals surface area contributed by atoms with Crippen LogP contribution in [0.2, 0.25) is 0 Å². The minimum Gasteiger partial charge on any atom is -0.361 e. The molecule has 0 amide bonds. The molecule has 0 bridgehead atoms. The van der Waals surface area contributed by atoms with Gasteiger partial charge in [0.25, 0.3) is 0 Å². The van der Waals surface area contributed by atoms with Crippen LogP contribution in [0, 0.1) is 18.8 Å². The summed E-state index contributed by atoms with van der Waals surface area (Å²) in [6.07, 6.45) is 6.19. The van der Waals surface area contributed by atoms with Gasteiger partial charge in [-0.3, -0.25) is 4.90 Å². The van der Waals surface area contributed by atoms with E-state index in [0.29, 0.717) is 5.92 Å². The lowest BCUT2D eigenvalue weighted by molar-refractivity contribution is 0.305. The van der Waals surface area contributed by atoms with Crippen LogP contribution in [0.3, 0.4) is 0 Å². The molecule has 2 aromatic heterocycles. The Labute approximate surface area is 141 Å². The SMILES string of the molecule is Cc1oncc1CN1CC2CN(c3cc(C4CC4)ncn3)CC2C1. The Hall–Kier alpha value is -1.95. The van der Waals surface area contributed by atoms with Crippen molar-refractivity contribution in [1.29, 1.82) is 0 Å². The first-order valence-corrected chi connectivity index (χ1v) is 8.95. The molecule has 2 aliphatic heterocycles. The Balaban J connectivity index is 1.23. The number of aromatic nitrogens is 3. The predicted molar refractivity (Wildman–Crippen MR) is 89.7 cm³/mol. The van der Waals surface area contributed by atoms with Crippen LogP contribution >= 0.6 is 0 Å². The van der Waals surface area contributed by atoms with Crippen LogP contribution in [0.5, 0.6) is 0 Å². The highest BCUT2D eigenvalue weighted by molar-refractivity contribution is 5.42. The summed E-state index contributed by atoms with van der Waals surface area (Å²) in [5.41, 5.74) is 2.46. The van der Waals surface area contributed by atoms with Crippen molar-refractivity contribution in [3.63, 3.8) is 0 Å². The number of aryl methyl sites for hydroxylation is 1. The van der Waals surface area contributed by atoms with Gasteiger partial charge in [0.15, 0.2) is 0 Å². The van der Waals surface area contributed by atoms with E-state index in [0.717, 1.165) is 56.1 Å².